The number of carboxylic acid groups (broad SMARTS) is 1. The number of hydrogen-bond acceptors (Lipinski definition) is 3. The maximum atomic E-state index is 13.3. The van der Waals surface area contributed by atoms with Crippen LogP contribution in [-0.4, -0.2) is 27.5 Å². The van der Waals surface area contributed by atoms with Gasteiger partial charge in [0.15, 0.2) is 0 Å². The molecule has 2 N–H and O–H groups in total. The Hall–Kier alpha value is -2.50. The number of halogens is 1. The number of nitrogens with one attached hydrogen (secondary N) is 1. The molecule has 3 rings (SSSR count). The zero-order chi connectivity index (χ0) is 17.3. The number of pyridine rings is 1. The van der Waals surface area contributed by atoms with Gasteiger partial charge in [0.25, 0.3) is 5.91 Å². The average Bonchev–Trinajstić information content (AvgIpc) is 2.54. The van der Waals surface area contributed by atoms with Crippen molar-refractivity contribution in [1.82, 2.24) is 10.3 Å². The molecule has 1 aliphatic carbocycles. The van der Waals surface area contributed by atoms with E-state index in [4.69, 9.17) is 0 Å². The summed E-state index contributed by atoms with van der Waals surface area (Å²) in [5, 5.41) is 12.9. The lowest BCUT2D eigenvalue weighted by molar-refractivity contribution is -0.145. The normalized spacial score (nSPS) is 16.8. The van der Waals surface area contributed by atoms with E-state index in [9.17, 15) is 19.1 Å². The van der Waals surface area contributed by atoms with Crippen molar-refractivity contribution in [3.8, 4) is 0 Å². The second-order valence-electron chi connectivity index (χ2n) is 6.36. The highest BCUT2D eigenvalue weighted by Crippen LogP contribution is 2.29. The van der Waals surface area contributed by atoms with Crippen LogP contribution in [0.5, 0.6) is 0 Å². The van der Waals surface area contributed by atoms with E-state index in [0.29, 0.717) is 35.0 Å². The van der Waals surface area contributed by atoms with Gasteiger partial charge in [-0.05, 0) is 38.0 Å². The van der Waals surface area contributed by atoms with E-state index in [1.807, 2.05) is 0 Å². The molecule has 0 aliphatic heterocycles. The average molecular weight is 330 g/mol. The third-order valence-electron chi connectivity index (χ3n) is 4.68. The fraction of sp³-hybridized carbons (Fsp3) is 0.389. The van der Waals surface area contributed by atoms with E-state index < -0.39 is 23.2 Å². The summed E-state index contributed by atoms with van der Waals surface area (Å²) in [5.41, 5.74) is 0.0245. The summed E-state index contributed by atoms with van der Waals surface area (Å²) in [6.07, 6.45) is 3.40. The first-order chi connectivity index (χ1) is 11.4. The van der Waals surface area contributed by atoms with Gasteiger partial charge in [-0.2, -0.15) is 0 Å². The smallest absolute Gasteiger partial charge is 0.329 e. The minimum absolute atomic E-state index is 0.320. The Kier molecular flexibility index (Phi) is 4.22. The molecule has 1 saturated carbocycles. The number of carbonyl (C=O) groups excluding carboxylic acids is 1. The molecule has 0 bridgehead atoms. The van der Waals surface area contributed by atoms with Gasteiger partial charge in [0, 0.05) is 11.5 Å². The van der Waals surface area contributed by atoms with E-state index in [0.717, 1.165) is 19.3 Å². The molecule has 24 heavy (non-hydrogen) atoms. The molecule has 1 fully saturated rings. The molecule has 0 unspecified atom stereocenters. The van der Waals surface area contributed by atoms with Crippen LogP contribution in [0.25, 0.3) is 10.9 Å². The molecule has 0 saturated heterocycles. The SMILES string of the molecule is Cc1nc2cc(F)ccc2cc1C(=O)NC1(C(=O)O)CCCCC1. The number of aliphatic carboxylic acids is 1. The van der Waals surface area contributed by atoms with Crippen LogP contribution in [0.1, 0.15) is 48.2 Å². The number of aryl methyl sites for hydroxylation is 1. The molecule has 5 nitrogen and oxygen atoms in total. The van der Waals surface area contributed by atoms with Gasteiger partial charge in [0.05, 0.1) is 16.8 Å². The summed E-state index contributed by atoms with van der Waals surface area (Å²) in [6, 6.07) is 5.80. The minimum Gasteiger partial charge on any atom is -0.480 e. The summed E-state index contributed by atoms with van der Waals surface area (Å²) in [6.45, 7) is 1.66. The second kappa shape index (κ2) is 6.19. The van der Waals surface area contributed by atoms with E-state index in [-0.39, 0.29) is 0 Å². The number of fused-ring (bicyclic) bond motifs is 1. The monoisotopic (exact) mass is 330 g/mol. The Morgan fingerprint density at radius 3 is 2.58 bits per heavy atom. The predicted molar refractivity (Wildman–Crippen MR) is 87.4 cm³/mol. The fourth-order valence-corrected chi connectivity index (χ4v) is 3.30. The zero-order valence-corrected chi connectivity index (χ0v) is 13.4. The van der Waals surface area contributed by atoms with Crippen molar-refractivity contribution in [3.05, 3.63) is 41.3 Å². The zero-order valence-electron chi connectivity index (χ0n) is 13.4. The van der Waals surface area contributed by atoms with Crippen molar-refractivity contribution >= 4 is 22.8 Å². The van der Waals surface area contributed by atoms with Crippen LogP contribution in [-0.2, 0) is 4.79 Å². The lowest BCUT2D eigenvalue weighted by Gasteiger charge is -2.34. The van der Waals surface area contributed by atoms with Crippen LogP contribution in [0, 0.1) is 12.7 Å². The standard InChI is InChI=1S/C18H19FN2O3/c1-11-14(9-12-5-6-13(19)10-15(12)20-11)16(22)21-18(17(23)24)7-3-2-4-8-18/h5-6,9-10H,2-4,7-8H2,1H3,(H,21,22)(H,23,24). The summed E-state index contributed by atoms with van der Waals surface area (Å²) >= 11 is 0. The predicted octanol–water partition coefficient (Wildman–Crippen LogP) is 3.20. The number of aromatic nitrogens is 1. The molecule has 1 aromatic carbocycles. The van der Waals surface area contributed by atoms with Crippen LogP contribution in [0.4, 0.5) is 4.39 Å². The van der Waals surface area contributed by atoms with Gasteiger partial charge in [-0.1, -0.05) is 19.3 Å². The number of carbonyl (C=O) groups is 2. The lowest BCUT2D eigenvalue weighted by atomic mass is 9.81. The van der Waals surface area contributed by atoms with Gasteiger partial charge < -0.3 is 10.4 Å². The summed E-state index contributed by atoms with van der Waals surface area (Å²) in [5.74, 6) is -1.84. The maximum absolute atomic E-state index is 13.3. The Morgan fingerprint density at radius 2 is 1.92 bits per heavy atom. The van der Waals surface area contributed by atoms with Gasteiger partial charge >= 0.3 is 5.97 Å². The maximum Gasteiger partial charge on any atom is 0.329 e. The summed E-state index contributed by atoms with van der Waals surface area (Å²) in [4.78, 5) is 28.6. The van der Waals surface area contributed by atoms with Gasteiger partial charge in [0.2, 0.25) is 0 Å². The van der Waals surface area contributed by atoms with Crippen molar-refractivity contribution in [2.45, 2.75) is 44.6 Å². The molecule has 6 heteroatoms. The van der Waals surface area contributed by atoms with Crippen LogP contribution in [0.2, 0.25) is 0 Å². The molecule has 2 aromatic rings. The molecule has 1 amide bonds. The number of nitrogens with zero attached hydrogens (tertiary/aromatic N) is 1. The van der Waals surface area contributed by atoms with Crippen molar-refractivity contribution in [2.24, 2.45) is 0 Å². The Bertz CT molecular complexity index is 813. The molecule has 1 heterocycles. The third-order valence-corrected chi connectivity index (χ3v) is 4.68. The summed E-state index contributed by atoms with van der Waals surface area (Å²) in [7, 11) is 0. The third kappa shape index (κ3) is 2.96. The molecular weight excluding hydrogens is 311 g/mol. The highest BCUT2D eigenvalue weighted by Gasteiger charge is 2.41. The van der Waals surface area contributed by atoms with Crippen LogP contribution < -0.4 is 5.32 Å². The molecule has 0 radical (unpaired) electrons. The topological polar surface area (TPSA) is 79.3 Å². The van der Waals surface area contributed by atoms with E-state index in [1.165, 1.54) is 12.1 Å². The van der Waals surface area contributed by atoms with Crippen LogP contribution in [0.15, 0.2) is 24.3 Å². The molecule has 1 aliphatic rings. The van der Waals surface area contributed by atoms with E-state index in [2.05, 4.69) is 10.3 Å². The van der Waals surface area contributed by atoms with Gasteiger partial charge in [-0.15, -0.1) is 0 Å². The minimum atomic E-state index is -1.21. The molecular formula is C18H19FN2O3. The van der Waals surface area contributed by atoms with E-state index in [1.54, 1.807) is 19.1 Å². The number of carboxylic acids is 1. The van der Waals surface area contributed by atoms with Crippen molar-refractivity contribution in [3.63, 3.8) is 0 Å². The van der Waals surface area contributed by atoms with Gasteiger partial charge in [-0.25, -0.2) is 9.18 Å². The van der Waals surface area contributed by atoms with Crippen molar-refractivity contribution < 1.29 is 19.1 Å². The Morgan fingerprint density at radius 1 is 1.21 bits per heavy atom. The number of benzene rings is 1. The van der Waals surface area contributed by atoms with Crippen LogP contribution >= 0.6 is 0 Å². The molecule has 0 spiro atoms. The van der Waals surface area contributed by atoms with Crippen LogP contribution in [0.3, 0.4) is 0 Å². The number of hydrogen-bond donors (Lipinski definition) is 2. The van der Waals surface area contributed by atoms with E-state index >= 15 is 0 Å². The Labute approximate surface area is 138 Å². The lowest BCUT2D eigenvalue weighted by Crippen LogP contribution is -2.55. The quantitative estimate of drug-likeness (QED) is 0.906. The Balaban J connectivity index is 1.94. The van der Waals surface area contributed by atoms with Gasteiger partial charge in [-0.3, -0.25) is 9.78 Å². The molecule has 0 atom stereocenters. The first kappa shape index (κ1) is 16.4. The summed E-state index contributed by atoms with van der Waals surface area (Å²) < 4.78 is 13.3. The molecule has 126 valence electrons. The largest absolute Gasteiger partial charge is 0.480 e. The second-order valence-corrected chi connectivity index (χ2v) is 6.36. The highest BCUT2D eigenvalue weighted by atomic mass is 19.1. The number of amides is 1. The molecule has 1 aromatic heterocycles. The first-order valence-corrected chi connectivity index (χ1v) is 8.04. The first-order valence-electron chi connectivity index (χ1n) is 8.04. The van der Waals surface area contributed by atoms with Gasteiger partial charge in [0.1, 0.15) is 11.4 Å². The number of rotatable bonds is 3. The van der Waals surface area contributed by atoms with Crippen molar-refractivity contribution in [1.29, 1.82) is 0 Å². The fourth-order valence-electron chi connectivity index (χ4n) is 3.30. The van der Waals surface area contributed by atoms with Crippen molar-refractivity contribution in [2.75, 3.05) is 0 Å². The highest BCUT2D eigenvalue weighted by molar-refractivity contribution is 6.01.